The van der Waals surface area contributed by atoms with Gasteiger partial charge < -0.3 is 19.8 Å². The quantitative estimate of drug-likeness (QED) is 0.289. The molecule has 1 heterocycles. The van der Waals surface area contributed by atoms with Gasteiger partial charge in [0.1, 0.15) is 23.8 Å². The number of H-pyrrole nitrogens is 1. The lowest BCUT2D eigenvalue weighted by molar-refractivity contribution is 0.0706. The Morgan fingerprint density at radius 3 is 2.48 bits per heavy atom. The van der Waals surface area contributed by atoms with Crippen molar-refractivity contribution in [2.45, 2.75) is 0 Å². The van der Waals surface area contributed by atoms with Gasteiger partial charge in [-0.1, -0.05) is 0 Å². The molecule has 0 aliphatic rings. The van der Waals surface area contributed by atoms with Crippen LogP contribution in [0.15, 0.2) is 48.5 Å². The smallest absolute Gasteiger partial charge is 0.274 e. The van der Waals surface area contributed by atoms with Gasteiger partial charge in [-0.2, -0.15) is 0 Å². The minimum atomic E-state index is -0.593. The van der Waals surface area contributed by atoms with Crippen molar-refractivity contribution in [1.29, 1.82) is 0 Å². The summed E-state index contributed by atoms with van der Waals surface area (Å²) in [6.07, 6.45) is 0. The lowest BCUT2D eigenvalue weighted by Gasteiger charge is -2.07. The number of hydrogen-bond acceptors (Lipinski definition) is 5. The SMILES string of the molecule is COc1ccc2[nH]c(C(=O)NCCOc3ccc(C(=O)NO)cc3)cc2c1. The van der Waals surface area contributed by atoms with E-state index in [0.29, 0.717) is 23.6 Å². The zero-order chi connectivity index (χ0) is 19.2. The molecule has 1 aromatic heterocycles. The molecule has 0 saturated heterocycles. The zero-order valence-electron chi connectivity index (χ0n) is 14.6. The van der Waals surface area contributed by atoms with E-state index < -0.39 is 5.91 Å². The minimum absolute atomic E-state index is 0.233. The minimum Gasteiger partial charge on any atom is -0.497 e. The number of amides is 2. The van der Waals surface area contributed by atoms with E-state index in [-0.39, 0.29) is 12.5 Å². The molecule has 0 saturated carbocycles. The maximum absolute atomic E-state index is 12.2. The number of hydrogen-bond donors (Lipinski definition) is 4. The number of methoxy groups -OCH3 is 1. The molecular formula is C19H19N3O5. The number of aromatic amines is 1. The first-order valence-electron chi connectivity index (χ1n) is 8.23. The number of nitrogens with one attached hydrogen (secondary N) is 3. The Bertz CT molecular complexity index is 950. The molecule has 0 radical (unpaired) electrons. The molecule has 4 N–H and O–H groups in total. The van der Waals surface area contributed by atoms with Gasteiger partial charge in [-0.25, -0.2) is 5.48 Å². The predicted molar refractivity (Wildman–Crippen MR) is 98.4 cm³/mol. The first-order valence-corrected chi connectivity index (χ1v) is 8.23. The summed E-state index contributed by atoms with van der Waals surface area (Å²) in [6.45, 7) is 0.585. The second kappa shape index (κ2) is 8.24. The van der Waals surface area contributed by atoms with Crippen molar-refractivity contribution in [3.63, 3.8) is 0 Å². The van der Waals surface area contributed by atoms with Crippen LogP contribution in [0.25, 0.3) is 10.9 Å². The first kappa shape index (κ1) is 18.3. The Morgan fingerprint density at radius 2 is 1.78 bits per heavy atom. The molecule has 8 nitrogen and oxygen atoms in total. The Balaban J connectivity index is 1.50. The van der Waals surface area contributed by atoms with Gasteiger partial charge in [0.15, 0.2) is 0 Å². The molecule has 2 aromatic carbocycles. The summed E-state index contributed by atoms with van der Waals surface area (Å²) >= 11 is 0. The molecule has 8 heteroatoms. The molecule has 0 aliphatic heterocycles. The van der Waals surface area contributed by atoms with E-state index >= 15 is 0 Å². The highest BCUT2D eigenvalue weighted by molar-refractivity contribution is 5.98. The van der Waals surface area contributed by atoms with Crippen LogP contribution in [0.5, 0.6) is 11.5 Å². The predicted octanol–water partition coefficient (Wildman–Crippen LogP) is 2.10. The number of fused-ring (bicyclic) bond motifs is 1. The molecule has 3 rings (SSSR count). The van der Waals surface area contributed by atoms with Gasteiger partial charge >= 0.3 is 0 Å². The Hall–Kier alpha value is -3.52. The van der Waals surface area contributed by atoms with Gasteiger partial charge in [-0.15, -0.1) is 0 Å². The Kier molecular flexibility index (Phi) is 5.58. The third-order valence-corrected chi connectivity index (χ3v) is 3.95. The second-order valence-corrected chi connectivity index (χ2v) is 5.71. The highest BCUT2D eigenvalue weighted by Gasteiger charge is 2.10. The van der Waals surface area contributed by atoms with Crippen LogP contribution in [-0.4, -0.2) is 42.3 Å². The third-order valence-electron chi connectivity index (χ3n) is 3.95. The molecule has 3 aromatic rings. The molecule has 0 bridgehead atoms. The summed E-state index contributed by atoms with van der Waals surface area (Å²) in [5.74, 6) is 0.453. The largest absolute Gasteiger partial charge is 0.497 e. The lowest BCUT2D eigenvalue weighted by Crippen LogP contribution is -2.28. The van der Waals surface area contributed by atoms with Gasteiger partial charge in [0.05, 0.1) is 13.7 Å². The van der Waals surface area contributed by atoms with Crippen LogP contribution in [0, 0.1) is 0 Å². The molecule has 0 fully saturated rings. The average molecular weight is 369 g/mol. The molecule has 0 atom stereocenters. The summed E-state index contributed by atoms with van der Waals surface area (Å²) in [7, 11) is 1.59. The van der Waals surface area contributed by atoms with Crippen LogP contribution in [-0.2, 0) is 0 Å². The number of carbonyl (C=O) groups excluding carboxylic acids is 2. The number of rotatable bonds is 7. The van der Waals surface area contributed by atoms with E-state index in [9.17, 15) is 9.59 Å². The molecule has 2 amide bonds. The Morgan fingerprint density at radius 1 is 1.04 bits per heavy atom. The number of ether oxygens (including phenoxy) is 2. The van der Waals surface area contributed by atoms with Gasteiger partial charge in [-0.3, -0.25) is 14.8 Å². The summed E-state index contributed by atoms with van der Waals surface area (Å²) in [5, 5.41) is 12.2. The highest BCUT2D eigenvalue weighted by atomic mass is 16.5. The number of carbonyl (C=O) groups is 2. The Labute approximate surface area is 155 Å². The number of hydroxylamine groups is 1. The van der Waals surface area contributed by atoms with Crippen LogP contribution in [0.3, 0.4) is 0 Å². The van der Waals surface area contributed by atoms with E-state index in [1.165, 1.54) is 12.1 Å². The van der Waals surface area contributed by atoms with E-state index in [1.54, 1.807) is 30.8 Å². The topological polar surface area (TPSA) is 113 Å². The number of aromatic nitrogens is 1. The van der Waals surface area contributed by atoms with E-state index in [0.717, 1.165) is 16.7 Å². The van der Waals surface area contributed by atoms with Gasteiger partial charge in [0.2, 0.25) is 0 Å². The van der Waals surface area contributed by atoms with Crippen molar-refractivity contribution < 1.29 is 24.3 Å². The summed E-state index contributed by atoms with van der Waals surface area (Å²) < 4.78 is 10.7. The fraction of sp³-hybridized carbons (Fsp3) is 0.158. The molecule has 0 aliphatic carbocycles. The van der Waals surface area contributed by atoms with E-state index in [1.807, 2.05) is 18.2 Å². The maximum atomic E-state index is 12.2. The standard InChI is InChI=1S/C19H19N3O5/c1-26-15-6-7-16-13(10-15)11-17(21-16)19(24)20-8-9-27-14-4-2-12(3-5-14)18(23)22-25/h2-7,10-11,21,25H,8-9H2,1H3,(H,20,24)(H,22,23). The molecule has 0 spiro atoms. The third kappa shape index (κ3) is 4.36. The van der Waals surface area contributed by atoms with Crippen LogP contribution in [0.2, 0.25) is 0 Å². The normalized spacial score (nSPS) is 10.4. The van der Waals surface area contributed by atoms with Crippen molar-refractivity contribution >= 4 is 22.7 Å². The van der Waals surface area contributed by atoms with Gasteiger partial charge in [0, 0.05) is 16.5 Å². The maximum Gasteiger partial charge on any atom is 0.274 e. The second-order valence-electron chi connectivity index (χ2n) is 5.71. The molecular weight excluding hydrogens is 350 g/mol. The van der Waals surface area contributed by atoms with Crippen LogP contribution >= 0.6 is 0 Å². The first-order chi connectivity index (χ1) is 13.1. The lowest BCUT2D eigenvalue weighted by atomic mass is 10.2. The molecule has 0 unspecified atom stereocenters. The zero-order valence-corrected chi connectivity index (χ0v) is 14.6. The average Bonchev–Trinajstić information content (AvgIpc) is 3.14. The van der Waals surface area contributed by atoms with E-state index in [2.05, 4.69) is 10.3 Å². The summed E-state index contributed by atoms with van der Waals surface area (Å²) in [4.78, 5) is 26.5. The van der Waals surface area contributed by atoms with Crippen molar-refractivity contribution in [2.24, 2.45) is 0 Å². The summed E-state index contributed by atoms with van der Waals surface area (Å²) in [5.41, 5.74) is 3.18. The number of benzene rings is 2. The molecule has 27 heavy (non-hydrogen) atoms. The van der Waals surface area contributed by atoms with E-state index in [4.69, 9.17) is 14.7 Å². The summed E-state index contributed by atoms with van der Waals surface area (Å²) in [6, 6.07) is 13.6. The molecule has 140 valence electrons. The monoisotopic (exact) mass is 369 g/mol. The van der Waals surface area contributed by atoms with Crippen molar-refractivity contribution in [2.75, 3.05) is 20.3 Å². The van der Waals surface area contributed by atoms with Crippen molar-refractivity contribution in [3.05, 3.63) is 59.8 Å². The van der Waals surface area contributed by atoms with Crippen LogP contribution in [0.1, 0.15) is 20.8 Å². The van der Waals surface area contributed by atoms with Gasteiger partial charge in [0.25, 0.3) is 11.8 Å². The van der Waals surface area contributed by atoms with Crippen molar-refractivity contribution in [3.8, 4) is 11.5 Å². The van der Waals surface area contributed by atoms with Crippen LogP contribution in [0.4, 0.5) is 0 Å². The fourth-order valence-corrected chi connectivity index (χ4v) is 2.56. The van der Waals surface area contributed by atoms with Crippen molar-refractivity contribution in [1.82, 2.24) is 15.8 Å². The highest BCUT2D eigenvalue weighted by Crippen LogP contribution is 2.21. The fourth-order valence-electron chi connectivity index (χ4n) is 2.56. The van der Waals surface area contributed by atoms with Gasteiger partial charge in [-0.05, 0) is 48.5 Å². The van der Waals surface area contributed by atoms with Crippen LogP contribution < -0.4 is 20.3 Å².